The molecule has 1 aliphatic heterocycles. The Balaban J connectivity index is 1.08. The van der Waals surface area contributed by atoms with Crippen LogP contribution < -0.4 is 15.9 Å². The van der Waals surface area contributed by atoms with E-state index in [1.165, 1.54) is 4.68 Å². The molecule has 1 atom stereocenters. The van der Waals surface area contributed by atoms with Crippen molar-refractivity contribution in [2.45, 2.75) is 12.6 Å². The molecule has 0 spiro atoms. The molecule has 8 heteroatoms. The van der Waals surface area contributed by atoms with Crippen molar-refractivity contribution >= 4 is 11.6 Å². The maximum absolute atomic E-state index is 13.8. The molecule has 0 radical (unpaired) electrons. The fourth-order valence-electron chi connectivity index (χ4n) is 6.21. The summed E-state index contributed by atoms with van der Waals surface area (Å²) in [5, 5.41) is 7.95. The van der Waals surface area contributed by atoms with Gasteiger partial charge in [-0.3, -0.25) is 9.69 Å². The van der Waals surface area contributed by atoms with Crippen LogP contribution in [0.25, 0.3) is 22.8 Å². The maximum Gasteiger partial charge on any atom is 0.355 e. The van der Waals surface area contributed by atoms with Crippen molar-refractivity contribution in [3.8, 4) is 22.8 Å². The summed E-state index contributed by atoms with van der Waals surface area (Å²) < 4.78 is 3.12. The SMILES string of the molecule is O=C(NCc1ccccc1)C(c1ccccc1)N1CCN(c2ccc(-n3nc(-c4ccccc4)n(-c4ccccc4)c3=O)cc2)CC1. The Kier molecular flexibility index (Phi) is 8.75. The molecule has 1 amide bonds. The molecule has 1 aromatic heterocycles. The number of hydrogen-bond donors (Lipinski definition) is 1. The first-order valence-corrected chi connectivity index (χ1v) is 15.9. The van der Waals surface area contributed by atoms with E-state index in [-0.39, 0.29) is 17.6 Å². The second-order valence-electron chi connectivity index (χ2n) is 11.6. The Morgan fingerprint density at radius 1 is 0.638 bits per heavy atom. The highest BCUT2D eigenvalue weighted by molar-refractivity contribution is 5.83. The van der Waals surface area contributed by atoms with Gasteiger partial charge in [-0.05, 0) is 47.5 Å². The predicted molar refractivity (Wildman–Crippen MR) is 186 cm³/mol. The molecule has 0 bridgehead atoms. The van der Waals surface area contributed by atoms with Crippen molar-refractivity contribution in [3.63, 3.8) is 0 Å². The third-order valence-corrected chi connectivity index (χ3v) is 8.64. The van der Waals surface area contributed by atoms with Gasteiger partial charge in [0.2, 0.25) is 5.91 Å². The molecular formula is C39H36N6O2. The first kappa shape index (κ1) is 30.0. The van der Waals surface area contributed by atoms with Gasteiger partial charge in [-0.25, -0.2) is 9.36 Å². The molecule has 0 aliphatic carbocycles. The lowest BCUT2D eigenvalue weighted by molar-refractivity contribution is -0.127. The minimum atomic E-state index is -0.366. The number of amides is 1. The lowest BCUT2D eigenvalue weighted by Crippen LogP contribution is -2.51. The number of benzene rings is 5. The number of carbonyl (C=O) groups is 1. The van der Waals surface area contributed by atoms with Gasteiger partial charge in [0.25, 0.3) is 0 Å². The zero-order valence-corrected chi connectivity index (χ0v) is 26.0. The lowest BCUT2D eigenvalue weighted by Gasteiger charge is -2.39. The number of rotatable bonds is 9. The molecule has 6 aromatic rings. The van der Waals surface area contributed by atoms with E-state index < -0.39 is 0 Å². The second-order valence-corrected chi connectivity index (χ2v) is 11.6. The van der Waals surface area contributed by atoms with Crippen LogP contribution in [-0.4, -0.2) is 51.3 Å². The molecule has 47 heavy (non-hydrogen) atoms. The van der Waals surface area contributed by atoms with Gasteiger partial charge in [0.1, 0.15) is 6.04 Å². The number of aromatic nitrogens is 3. The van der Waals surface area contributed by atoms with Crippen LogP contribution >= 0.6 is 0 Å². The van der Waals surface area contributed by atoms with Crippen molar-refractivity contribution in [1.29, 1.82) is 0 Å². The summed E-state index contributed by atoms with van der Waals surface area (Å²) in [5.74, 6) is 0.593. The standard InChI is InChI=1S/C39H36N6O2/c46-38(40-29-30-13-5-1-6-14-30)36(31-15-7-2-8-16-31)43-27-25-42(26-28-43)33-21-23-35(24-22-33)45-39(47)44(34-19-11-4-12-20-34)37(41-45)32-17-9-3-10-18-32/h1-24,36H,25-29H2,(H,40,46). The largest absolute Gasteiger partial charge is 0.369 e. The summed E-state index contributed by atoms with van der Waals surface area (Å²) in [6, 6.07) is 47.0. The van der Waals surface area contributed by atoms with Gasteiger partial charge in [-0.2, -0.15) is 4.68 Å². The Morgan fingerprint density at radius 2 is 1.19 bits per heavy atom. The van der Waals surface area contributed by atoms with Crippen molar-refractivity contribution < 1.29 is 4.79 Å². The molecule has 5 aromatic carbocycles. The zero-order chi connectivity index (χ0) is 32.0. The second kappa shape index (κ2) is 13.7. The Morgan fingerprint density at radius 3 is 1.83 bits per heavy atom. The van der Waals surface area contributed by atoms with E-state index in [2.05, 4.69) is 15.1 Å². The molecule has 1 saturated heterocycles. The van der Waals surface area contributed by atoms with Crippen LogP contribution in [0.4, 0.5) is 5.69 Å². The van der Waals surface area contributed by atoms with Crippen LogP contribution in [0.15, 0.2) is 150 Å². The molecule has 7 rings (SSSR count). The normalized spacial score (nSPS) is 14.1. The van der Waals surface area contributed by atoms with Crippen molar-refractivity contribution in [1.82, 2.24) is 24.6 Å². The molecule has 234 valence electrons. The summed E-state index contributed by atoms with van der Waals surface area (Å²) in [4.78, 5) is 31.9. The Hall–Kier alpha value is -5.73. The van der Waals surface area contributed by atoms with Gasteiger partial charge in [0.05, 0.1) is 11.4 Å². The summed E-state index contributed by atoms with van der Waals surface area (Å²) in [6.07, 6.45) is 0. The van der Waals surface area contributed by atoms with E-state index >= 15 is 0 Å². The smallest absolute Gasteiger partial charge is 0.355 e. The molecule has 8 nitrogen and oxygen atoms in total. The van der Waals surface area contributed by atoms with Crippen LogP contribution in [0.2, 0.25) is 0 Å². The third kappa shape index (κ3) is 6.50. The topological polar surface area (TPSA) is 75.4 Å². The Bertz CT molecular complexity index is 1970. The fourth-order valence-corrected chi connectivity index (χ4v) is 6.21. The maximum atomic E-state index is 13.8. The van der Waals surface area contributed by atoms with Crippen molar-refractivity contribution in [2.24, 2.45) is 0 Å². The lowest BCUT2D eigenvalue weighted by atomic mass is 10.0. The zero-order valence-electron chi connectivity index (χ0n) is 26.0. The molecule has 1 unspecified atom stereocenters. The minimum absolute atomic E-state index is 0.00751. The van der Waals surface area contributed by atoms with E-state index in [0.29, 0.717) is 18.1 Å². The van der Waals surface area contributed by atoms with Crippen LogP contribution in [0.1, 0.15) is 17.2 Å². The van der Waals surface area contributed by atoms with Gasteiger partial charge in [-0.1, -0.05) is 109 Å². The summed E-state index contributed by atoms with van der Waals surface area (Å²) in [7, 11) is 0. The highest BCUT2D eigenvalue weighted by Gasteiger charge is 2.30. The first-order chi connectivity index (χ1) is 23.2. The average Bonchev–Trinajstić information content (AvgIpc) is 3.49. The van der Waals surface area contributed by atoms with Crippen LogP contribution in [0, 0.1) is 0 Å². The molecule has 1 N–H and O–H groups in total. The van der Waals surface area contributed by atoms with Crippen LogP contribution in [0.5, 0.6) is 0 Å². The predicted octanol–water partition coefficient (Wildman–Crippen LogP) is 5.87. The summed E-state index contributed by atoms with van der Waals surface area (Å²) in [5.41, 5.74) is 5.23. The van der Waals surface area contributed by atoms with E-state index in [1.54, 1.807) is 4.57 Å². The number of carbonyl (C=O) groups excluding carboxylic acids is 1. The van der Waals surface area contributed by atoms with Crippen LogP contribution in [-0.2, 0) is 11.3 Å². The van der Waals surface area contributed by atoms with E-state index in [1.807, 2.05) is 146 Å². The van der Waals surface area contributed by atoms with E-state index in [4.69, 9.17) is 5.10 Å². The number of piperazine rings is 1. The molecule has 2 heterocycles. The monoisotopic (exact) mass is 620 g/mol. The summed E-state index contributed by atoms with van der Waals surface area (Å²) >= 11 is 0. The van der Waals surface area contributed by atoms with Gasteiger partial charge in [-0.15, -0.1) is 5.10 Å². The number of para-hydroxylation sites is 1. The minimum Gasteiger partial charge on any atom is -0.369 e. The van der Waals surface area contributed by atoms with Gasteiger partial charge >= 0.3 is 5.69 Å². The first-order valence-electron chi connectivity index (χ1n) is 15.9. The third-order valence-electron chi connectivity index (χ3n) is 8.64. The molecular weight excluding hydrogens is 584 g/mol. The number of nitrogens with one attached hydrogen (secondary N) is 1. The highest BCUT2D eigenvalue weighted by atomic mass is 16.2. The van der Waals surface area contributed by atoms with Crippen molar-refractivity contribution in [3.05, 3.63) is 167 Å². The fraction of sp³-hybridized carbons (Fsp3) is 0.154. The van der Waals surface area contributed by atoms with E-state index in [9.17, 15) is 9.59 Å². The van der Waals surface area contributed by atoms with Crippen molar-refractivity contribution in [2.75, 3.05) is 31.1 Å². The molecule has 0 saturated carbocycles. The number of hydrogen-bond acceptors (Lipinski definition) is 5. The molecule has 1 aliphatic rings. The van der Waals surface area contributed by atoms with Gasteiger partial charge < -0.3 is 10.2 Å². The number of anilines is 1. The number of nitrogens with zero attached hydrogens (tertiary/aromatic N) is 5. The van der Waals surface area contributed by atoms with Crippen LogP contribution in [0.3, 0.4) is 0 Å². The highest BCUT2D eigenvalue weighted by Crippen LogP contribution is 2.26. The average molecular weight is 621 g/mol. The molecule has 1 fully saturated rings. The summed E-state index contributed by atoms with van der Waals surface area (Å²) in [6.45, 7) is 3.52. The van der Waals surface area contributed by atoms with Gasteiger partial charge in [0.15, 0.2) is 5.82 Å². The van der Waals surface area contributed by atoms with Gasteiger partial charge in [0, 0.05) is 44.0 Å². The Labute approximate surface area is 274 Å². The quantitative estimate of drug-likeness (QED) is 0.219. The van der Waals surface area contributed by atoms with E-state index in [0.717, 1.165) is 54.2 Å².